The molecule has 5 rings (SSSR count). The SMILES string of the molecule is O[C@H](COCc1ccccc1)[C@@H](OCc1ccccc1)[C@H](OCc1ccccc1)[C@@H](c1nccs1)N(O)Cc1ccccc1. The van der Waals surface area contributed by atoms with Gasteiger partial charge in [0.05, 0.1) is 26.4 Å². The first-order valence-electron chi connectivity index (χ1n) is 14.7. The fraction of sp³-hybridized carbons (Fsp3) is 0.250. The molecule has 1 aromatic heterocycles. The molecule has 0 aliphatic carbocycles. The fourth-order valence-electron chi connectivity index (χ4n) is 4.98. The van der Waals surface area contributed by atoms with E-state index in [9.17, 15) is 10.3 Å². The van der Waals surface area contributed by atoms with E-state index >= 15 is 0 Å². The van der Waals surface area contributed by atoms with Crippen LogP contribution in [0.4, 0.5) is 0 Å². The Hall–Kier alpha value is -3.73. The lowest BCUT2D eigenvalue weighted by Crippen LogP contribution is -2.50. The molecule has 228 valence electrons. The van der Waals surface area contributed by atoms with E-state index in [1.54, 1.807) is 6.20 Å². The van der Waals surface area contributed by atoms with Crippen LogP contribution in [0, 0.1) is 0 Å². The lowest BCUT2D eigenvalue weighted by atomic mass is 9.99. The first kappa shape index (κ1) is 31.7. The molecule has 0 unspecified atom stereocenters. The third-order valence-electron chi connectivity index (χ3n) is 7.20. The quantitative estimate of drug-likeness (QED) is 0.112. The van der Waals surface area contributed by atoms with E-state index < -0.39 is 24.4 Å². The number of thiazole rings is 1. The maximum Gasteiger partial charge on any atom is 0.116 e. The van der Waals surface area contributed by atoms with E-state index in [0.29, 0.717) is 11.6 Å². The number of hydroxylamine groups is 2. The largest absolute Gasteiger partial charge is 0.388 e. The zero-order valence-electron chi connectivity index (χ0n) is 24.5. The maximum absolute atomic E-state index is 11.7. The van der Waals surface area contributed by atoms with Crippen LogP contribution in [0.2, 0.25) is 0 Å². The molecule has 5 aromatic rings. The number of benzene rings is 4. The van der Waals surface area contributed by atoms with Crippen molar-refractivity contribution in [3.8, 4) is 0 Å². The summed E-state index contributed by atoms with van der Waals surface area (Å²) in [7, 11) is 0. The molecule has 0 saturated heterocycles. The van der Waals surface area contributed by atoms with Gasteiger partial charge in [0.25, 0.3) is 0 Å². The number of nitrogens with zero attached hydrogens (tertiary/aromatic N) is 2. The highest BCUT2D eigenvalue weighted by molar-refractivity contribution is 7.09. The summed E-state index contributed by atoms with van der Waals surface area (Å²) in [5.74, 6) is 0. The van der Waals surface area contributed by atoms with E-state index in [2.05, 4.69) is 4.98 Å². The summed E-state index contributed by atoms with van der Waals surface area (Å²) in [5, 5.41) is 27.1. The van der Waals surface area contributed by atoms with Crippen molar-refractivity contribution in [1.82, 2.24) is 10.0 Å². The Kier molecular flexibility index (Phi) is 12.2. The van der Waals surface area contributed by atoms with Crippen LogP contribution in [0.1, 0.15) is 33.3 Å². The molecular weight excluding hydrogens is 572 g/mol. The molecule has 8 heteroatoms. The highest BCUT2D eigenvalue weighted by Gasteiger charge is 2.41. The van der Waals surface area contributed by atoms with Crippen LogP contribution < -0.4 is 0 Å². The first-order valence-corrected chi connectivity index (χ1v) is 15.5. The average molecular weight is 611 g/mol. The van der Waals surface area contributed by atoms with Gasteiger partial charge in [-0.05, 0) is 22.3 Å². The third kappa shape index (κ3) is 9.38. The molecular formula is C36H38N2O5S. The second kappa shape index (κ2) is 16.9. The summed E-state index contributed by atoms with van der Waals surface area (Å²) >= 11 is 1.42. The van der Waals surface area contributed by atoms with E-state index in [-0.39, 0.29) is 26.4 Å². The number of rotatable bonds is 17. The van der Waals surface area contributed by atoms with Gasteiger partial charge in [0.15, 0.2) is 0 Å². The molecule has 0 aliphatic heterocycles. The van der Waals surface area contributed by atoms with Crippen LogP contribution in [0.3, 0.4) is 0 Å². The number of aliphatic hydroxyl groups is 1. The Morgan fingerprint density at radius 2 is 1.11 bits per heavy atom. The minimum atomic E-state index is -1.07. The topological polar surface area (TPSA) is 84.3 Å². The summed E-state index contributed by atoms with van der Waals surface area (Å²) in [6.45, 7) is 1.06. The number of aliphatic hydroxyl groups excluding tert-OH is 1. The van der Waals surface area contributed by atoms with Gasteiger partial charge in [-0.2, -0.15) is 5.06 Å². The molecule has 2 N–H and O–H groups in total. The average Bonchev–Trinajstić information content (AvgIpc) is 3.60. The minimum Gasteiger partial charge on any atom is -0.388 e. The summed E-state index contributed by atoms with van der Waals surface area (Å²) in [6, 6.07) is 38.4. The zero-order chi connectivity index (χ0) is 30.4. The van der Waals surface area contributed by atoms with Crippen molar-refractivity contribution in [3.05, 3.63) is 160 Å². The van der Waals surface area contributed by atoms with E-state index in [4.69, 9.17) is 14.2 Å². The van der Waals surface area contributed by atoms with Gasteiger partial charge >= 0.3 is 0 Å². The van der Waals surface area contributed by atoms with Crippen molar-refractivity contribution in [2.24, 2.45) is 0 Å². The Morgan fingerprint density at radius 1 is 0.636 bits per heavy atom. The van der Waals surface area contributed by atoms with Crippen molar-refractivity contribution in [2.45, 2.75) is 50.7 Å². The molecule has 0 spiro atoms. The smallest absolute Gasteiger partial charge is 0.116 e. The van der Waals surface area contributed by atoms with Crippen molar-refractivity contribution >= 4 is 11.3 Å². The minimum absolute atomic E-state index is 0.00819. The second-order valence-electron chi connectivity index (χ2n) is 10.5. The van der Waals surface area contributed by atoms with Gasteiger partial charge in [0.2, 0.25) is 0 Å². The van der Waals surface area contributed by atoms with Crippen molar-refractivity contribution in [2.75, 3.05) is 6.61 Å². The molecule has 1 heterocycles. The summed E-state index contributed by atoms with van der Waals surface area (Å²) in [6.07, 6.45) is -1.07. The van der Waals surface area contributed by atoms with Gasteiger partial charge in [-0.3, -0.25) is 0 Å². The lowest BCUT2D eigenvalue weighted by Gasteiger charge is -2.38. The van der Waals surface area contributed by atoms with Crippen LogP contribution in [0.25, 0.3) is 0 Å². The first-order chi connectivity index (χ1) is 21.7. The van der Waals surface area contributed by atoms with Gasteiger partial charge < -0.3 is 24.5 Å². The Morgan fingerprint density at radius 3 is 1.61 bits per heavy atom. The maximum atomic E-state index is 11.7. The van der Waals surface area contributed by atoms with Gasteiger partial charge in [0, 0.05) is 18.1 Å². The normalized spacial score (nSPS) is 14.2. The van der Waals surface area contributed by atoms with Gasteiger partial charge in [-0.15, -0.1) is 11.3 Å². The molecule has 0 fully saturated rings. The Labute approximate surface area is 262 Å². The summed E-state index contributed by atoms with van der Waals surface area (Å²) in [4.78, 5) is 4.59. The van der Waals surface area contributed by atoms with Crippen molar-refractivity contribution < 1.29 is 24.5 Å². The summed E-state index contributed by atoms with van der Waals surface area (Å²) in [5.41, 5.74) is 3.84. The van der Waals surface area contributed by atoms with E-state index in [1.807, 2.05) is 127 Å². The molecule has 0 aliphatic rings. The lowest BCUT2D eigenvalue weighted by molar-refractivity contribution is -0.220. The number of ether oxygens (including phenoxy) is 3. The molecule has 0 saturated carbocycles. The monoisotopic (exact) mass is 610 g/mol. The molecule has 4 atom stereocenters. The highest BCUT2D eigenvalue weighted by Crippen LogP contribution is 2.33. The number of aromatic nitrogens is 1. The number of hydrogen-bond acceptors (Lipinski definition) is 8. The van der Waals surface area contributed by atoms with Crippen LogP contribution in [-0.4, -0.2) is 45.3 Å². The van der Waals surface area contributed by atoms with Crippen LogP contribution in [-0.2, 0) is 40.6 Å². The summed E-state index contributed by atoms with van der Waals surface area (Å²) < 4.78 is 19.1. The second-order valence-corrected chi connectivity index (χ2v) is 11.4. The predicted octanol–water partition coefficient (Wildman–Crippen LogP) is 6.82. The van der Waals surface area contributed by atoms with E-state index in [1.165, 1.54) is 16.4 Å². The third-order valence-corrected chi connectivity index (χ3v) is 8.04. The van der Waals surface area contributed by atoms with Crippen molar-refractivity contribution in [3.63, 3.8) is 0 Å². The molecule has 44 heavy (non-hydrogen) atoms. The number of hydrogen-bond donors (Lipinski definition) is 2. The van der Waals surface area contributed by atoms with Crippen LogP contribution in [0.15, 0.2) is 133 Å². The highest BCUT2D eigenvalue weighted by atomic mass is 32.1. The molecule has 7 nitrogen and oxygen atoms in total. The van der Waals surface area contributed by atoms with Gasteiger partial charge in [-0.25, -0.2) is 4.98 Å². The van der Waals surface area contributed by atoms with Crippen LogP contribution in [0.5, 0.6) is 0 Å². The molecule has 0 bridgehead atoms. The van der Waals surface area contributed by atoms with E-state index in [0.717, 1.165) is 22.3 Å². The van der Waals surface area contributed by atoms with Crippen molar-refractivity contribution in [1.29, 1.82) is 0 Å². The fourth-order valence-corrected chi connectivity index (χ4v) is 5.76. The molecule has 4 aromatic carbocycles. The predicted molar refractivity (Wildman–Crippen MR) is 171 cm³/mol. The van der Waals surface area contributed by atoms with Crippen LogP contribution >= 0.6 is 11.3 Å². The van der Waals surface area contributed by atoms with Gasteiger partial charge in [0.1, 0.15) is 29.4 Å². The standard InChI is InChI=1S/C36H38N2O5S/c39-32(27-41-24-29-15-7-2-8-16-29)34(42-25-30-17-9-3-10-18-30)35(43-26-31-19-11-4-12-20-31)33(36-37-21-22-44-36)38(40)23-28-13-5-1-6-14-28/h1-22,32-35,39-40H,23-27H2/t32-,33+,34-,35-/m1/s1. The molecule has 0 amide bonds. The van der Waals surface area contributed by atoms with Gasteiger partial charge in [-0.1, -0.05) is 121 Å². The Bertz CT molecular complexity index is 1460. The Balaban J connectivity index is 1.46. The zero-order valence-corrected chi connectivity index (χ0v) is 25.3. The molecule has 0 radical (unpaired) electrons.